The second-order valence-corrected chi connectivity index (χ2v) is 4.92. The Morgan fingerprint density at radius 1 is 0.727 bits per heavy atom. The number of aryl methyl sites for hydroxylation is 1. The summed E-state index contributed by atoms with van der Waals surface area (Å²) >= 11 is 0. The Hall–Kier alpha value is -2.16. The van der Waals surface area contributed by atoms with Crippen molar-refractivity contribution in [3.8, 4) is 17.2 Å². The largest absolute Gasteiger partial charge is 0.494 e. The van der Waals surface area contributed by atoms with Crippen molar-refractivity contribution in [3.05, 3.63) is 54.1 Å². The van der Waals surface area contributed by atoms with Crippen molar-refractivity contribution >= 4 is 0 Å². The van der Waals surface area contributed by atoms with Crippen LogP contribution in [0.4, 0.5) is 0 Å². The molecule has 0 aliphatic rings. The van der Waals surface area contributed by atoms with Gasteiger partial charge in [0.05, 0.1) is 19.8 Å². The Bertz CT molecular complexity index is 549. The Morgan fingerprint density at radius 3 is 2.05 bits per heavy atom. The van der Waals surface area contributed by atoms with Crippen LogP contribution in [0, 0.1) is 0 Å². The average Bonchev–Trinajstić information content (AvgIpc) is 2.57. The van der Waals surface area contributed by atoms with E-state index in [1.807, 2.05) is 49.4 Å². The predicted octanol–water partition coefficient (Wildman–Crippen LogP) is 4.50. The maximum Gasteiger partial charge on any atom is 0.122 e. The summed E-state index contributed by atoms with van der Waals surface area (Å²) in [5.74, 6) is 2.71. The number of ether oxygens (including phenoxy) is 3. The SMILES string of the molecule is CCOc1ccc(OCCCOc2ccccc2CC)cc1. The van der Waals surface area contributed by atoms with Crippen molar-refractivity contribution in [2.24, 2.45) is 0 Å². The lowest BCUT2D eigenvalue weighted by Crippen LogP contribution is -2.06. The molecule has 118 valence electrons. The summed E-state index contributed by atoms with van der Waals surface area (Å²) in [6.45, 7) is 6.09. The van der Waals surface area contributed by atoms with Crippen LogP contribution >= 0.6 is 0 Å². The number of hydrogen-bond acceptors (Lipinski definition) is 3. The van der Waals surface area contributed by atoms with Crippen LogP contribution in [0.5, 0.6) is 17.2 Å². The van der Waals surface area contributed by atoms with Gasteiger partial charge in [0.15, 0.2) is 0 Å². The third-order valence-electron chi connectivity index (χ3n) is 3.30. The van der Waals surface area contributed by atoms with E-state index in [9.17, 15) is 0 Å². The molecule has 0 aliphatic heterocycles. The molecular weight excluding hydrogens is 276 g/mol. The van der Waals surface area contributed by atoms with Crippen LogP contribution in [0.2, 0.25) is 0 Å². The van der Waals surface area contributed by atoms with E-state index in [1.165, 1.54) is 5.56 Å². The topological polar surface area (TPSA) is 27.7 Å². The van der Waals surface area contributed by atoms with E-state index in [0.29, 0.717) is 19.8 Å². The number of para-hydroxylation sites is 1. The van der Waals surface area contributed by atoms with Crippen LogP contribution in [0.15, 0.2) is 48.5 Å². The minimum absolute atomic E-state index is 0.641. The fourth-order valence-corrected chi connectivity index (χ4v) is 2.17. The average molecular weight is 300 g/mol. The first-order valence-corrected chi connectivity index (χ1v) is 7.89. The minimum atomic E-state index is 0.641. The zero-order chi connectivity index (χ0) is 15.6. The second-order valence-electron chi connectivity index (χ2n) is 4.92. The summed E-state index contributed by atoms with van der Waals surface area (Å²) in [4.78, 5) is 0. The highest BCUT2D eigenvalue weighted by Gasteiger charge is 2.00. The number of hydrogen-bond donors (Lipinski definition) is 0. The van der Waals surface area contributed by atoms with Crippen molar-refractivity contribution in [1.82, 2.24) is 0 Å². The third kappa shape index (κ3) is 4.99. The molecule has 2 aromatic rings. The molecule has 0 radical (unpaired) electrons. The van der Waals surface area contributed by atoms with E-state index in [1.54, 1.807) is 0 Å². The van der Waals surface area contributed by atoms with E-state index in [0.717, 1.165) is 30.1 Å². The van der Waals surface area contributed by atoms with Crippen LogP contribution in [-0.2, 0) is 6.42 Å². The highest BCUT2D eigenvalue weighted by molar-refractivity contribution is 5.33. The zero-order valence-corrected chi connectivity index (χ0v) is 13.4. The van der Waals surface area contributed by atoms with Crippen molar-refractivity contribution < 1.29 is 14.2 Å². The lowest BCUT2D eigenvalue weighted by molar-refractivity contribution is 0.246. The van der Waals surface area contributed by atoms with E-state index in [2.05, 4.69) is 13.0 Å². The second kappa shape index (κ2) is 8.98. The molecule has 0 heterocycles. The summed E-state index contributed by atoms with van der Waals surface area (Å²) in [5.41, 5.74) is 1.25. The number of rotatable bonds is 9. The Morgan fingerprint density at radius 2 is 1.36 bits per heavy atom. The van der Waals surface area contributed by atoms with E-state index >= 15 is 0 Å². The van der Waals surface area contributed by atoms with Gasteiger partial charge in [0.1, 0.15) is 17.2 Å². The quantitative estimate of drug-likeness (QED) is 0.638. The highest BCUT2D eigenvalue weighted by Crippen LogP contribution is 2.19. The van der Waals surface area contributed by atoms with Gasteiger partial charge in [0, 0.05) is 6.42 Å². The summed E-state index contributed by atoms with van der Waals surface area (Å²) in [6, 6.07) is 15.9. The van der Waals surface area contributed by atoms with Crippen molar-refractivity contribution in [2.45, 2.75) is 26.7 Å². The lowest BCUT2D eigenvalue weighted by Gasteiger charge is -2.11. The summed E-state index contributed by atoms with van der Waals surface area (Å²) in [5, 5.41) is 0. The molecule has 3 nitrogen and oxygen atoms in total. The van der Waals surface area contributed by atoms with Gasteiger partial charge in [-0.15, -0.1) is 0 Å². The highest BCUT2D eigenvalue weighted by atomic mass is 16.5. The first-order chi connectivity index (χ1) is 10.8. The molecule has 2 aromatic carbocycles. The van der Waals surface area contributed by atoms with Crippen LogP contribution in [-0.4, -0.2) is 19.8 Å². The minimum Gasteiger partial charge on any atom is -0.494 e. The van der Waals surface area contributed by atoms with E-state index in [4.69, 9.17) is 14.2 Å². The number of benzene rings is 2. The fourth-order valence-electron chi connectivity index (χ4n) is 2.17. The maximum absolute atomic E-state index is 5.82. The van der Waals surface area contributed by atoms with E-state index < -0.39 is 0 Å². The smallest absolute Gasteiger partial charge is 0.122 e. The molecule has 2 rings (SSSR count). The van der Waals surface area contributed by atoms with Gasteiger partial charge in [-0.1, -0.05) is 25.1 Å². The van der Waals surface area contributed by atoms with Gasteiger partial charge in [-0.25, -0.2) is 0 Å². The Kier molecular flexibility index (Phi) is 6.62. The molecule has 0 unspecified atom stereocenters. The lowest BCUT2D eigenvalue weighted by atomic mass is 10.1. The molecule has 0 bridgehead atoms. The molecule has 0 aromatic heterocycles. The third-order valence-corrected chi connectivity index (χ3v) is 3.30. The molecule has 0 spiro atoms. The normalized spacial score (nSPS) is 10.3. The molecule has 0 saturated carbocycles. The van der Waals surface area contributed by atoms with Crippen LogP contribution in [0.1, 0.15) is 25.8 Å². The van der Waals surface area contributed by atoms with Gasteiger partial charge in [-0.3, -0.25) is 0 Å². The molecule has 22 heavy (non-hydrogen) atoms. The van der Waals surface area contributed by atoms with Crippen LogP contribution in [0.3, 0.4) is 0 Å². The molecule has 0 saturated heterocycles. The van der Waals surface area contributed by atoms with Crippen LogP contribution < -0.4 is 14.2 Å². The standard InChI is InChI=1S/C19H24O3/c1-3-16-8-5-6-9-19(16)22-15-7-14-21-18-12-10-17(11-13-18)20-4-2/h5-6,8-13H,3-4,7,14-15H2,1-2H3. The first kappa shape index (κ1) is 16.2. The molecule has 0 fully saturated rings. The summed E-state index contributed by atoms with van der Waals surface area (Å²) in [6.07, 6.45) is 1.84. The summed E-state index contributed by atoms with van der Waals surface area (Å²) in [7, 11) is 0. The zero-order valence-electron chi connectivity index (χ0n) is 13.4. The molecule has 0 aliphatic carbocycles. The molecule has 3 heteroatoms. The summed E-state index contributed by atoms with van der Waals surface area (Å²) < 4.78 is 16.9. The van der Waals surface area contributed by atoms with Gasteiger partial charge in [0.2, 0.25) is 0 Å². The molecule has 0 N–H and O–H groups in total. The molecular formula is C19H24O3. The Labute approximate surface area is 132 Å². The van der Waals surface area contributed by atoms with E-state index in [-0.39, 0.29) is 0 Å². The van der Waals surface area contributed by atoms with Crippen molar-refractivity contribution in [3.63, 3.8) is 0 Å². The Balaban J connectivity index is 1.68. The van der Waals surface area contributed by atoms with Gasteiger partial charge >= 0.3 is 0 Å². The van der Waals surface area contributed by atoms with Crippen LogP contribution in [0.25, 0.3) is 0 Å². The van der Waals surface area contributed by atoms with Gasteiger partial charge in [-0.05, 0) is 49.2 Å². The molecule has 0 atom stereocenters. The fraction of sp³-hybridized carbons (Fsp3) is 0.368. The van der Waals surface area contributed by atoms with Crippen molar-refractivity contribution in [1.29, 1.82) is 0 Å². The molecule has 0 amide bonds. The first-order valence-electron chi connectivity index (χ1n) is 7.89. The maximum atomic E-state index is 5.82. The van der Waals surface area contributed by atoms with Gasteiger partial charge < -0.3 is 14.2 Å². The monoisotopic (exact) mass is 300 g/mol. The predicted molar refractivity (Wildman–Crippen MR) is 89.0 cm³/mol. The van der Waals surface area contributed by atoms with Crippen molar-refractivity contribution in [2.75, 3.05) is 19.8 Å². The van der Waals surface area contributed by atoms with Gasteiger partial charge in [0.25, 0.3) is 0 Å². The van der Waals surface area contributed by atoms with Gasteiger partial charge in [-0.2, -0.15) is 0 Å².